The Bertz CT molecular complexity index is 419. The quantitative estimate of drug-likeness (QED) is 0.715. The number of aldehydes is 1. The van der Waals surface area contributed by atoms with Crippen molar-refractivity contribution in [2.75, 3.05) is 0 Å². The minimum atomic E-state index is 0.546. The molecule has 0 N–H and O–H groups in total. The van der Waals surface area contributed by atoms with E-state index in [1.54, 1.807) is 0 Å². The van der Waals surface area contributed by atoms with Crippen LogP contribution < -0.4 is 0 Å². The van der Waals surface area contributed by atoms with E-state index in [1.807, 2.05) is 4.68 Å². The fourth-order valence-corrected chi connectivity index (χ4v) is 3.07. The lowest BCUT2D eigenvalue weighted by molar-refractivity contribution is 0.111. The summed E-state index contributed by atoms with van der Waals surface area (Å²) in [5, 5.41) is 8.18. The van der Waals surface area contributed by atoms with E-state index in [2.05, 4.69) is 24.2 Å². The van der Waals surface area contributed by atoms with Gasteiger partial charge < -0.3 is 0 Å². The third kappa shape index (κ3) is 4.15. The first-order chi connectivity index (χ1) is 9.70. The summed E-state index contributed by atoms with van der Waals surface area (Å²) in [4.78, 5) is 11.1. The van der Waals surface area contributed by atoms with Crippen LogP contribution in [0.3, 0.4) is 0 Å². The standard InChI is InChI=1S/C16H27N3O/c1-13(2)10-11-19-16(15(12-20)17-18-19)9-8-14-6-4-3-5-7-14/h12-14H,3-11H2,1-2H3. The molecule has 0 unspecified atom stereocenters. The molecule has 0 bridgehead atoms. The maximum Gasteiger partial charge on any atom is 0.172 e. The lowest BCUT2D eigenvalue weighted by Crippen LogP contribution is -2.12. The summed E-state index contributed by atoms with van der Waals surface area (Å²) in [7, 11) is 0. The molecule has 1 heterocycles. The Morgan fingerprint density at radius 3 is 2.70 bits per heavy atom. The zero-order valence-electron chi connectivity index (χ0n) is 12.8. The van der Waals surface area contributed by atoms with Crippen LogP contribution in [0.4, 0.5) is 0 Å². The molecule has 0 amide bonds. The van der Waals surface area contributed by atoms with Crippen molar-refractivity contribution in [1.29, 1.82) is 0 Å². The van der Waals surface area contributed by atoms with Crippen molar-refractivity contribution < 1.29 is 4.79 Å². The predicted molar refractivity (Wildman–Crippen MR) is 79.8 cm³/mol. The van der Waals surface area contributed by atoms with Gasteiger partial charge in [-0.05, 0) is 31.1 Å². The first kappa shape index (κ1) is 15.2. The SMILES string of the molecule is CC(C)CCn1nnc(C=O)c1CCC1CCCCC1. The first-order valence-electron chi connectivity index (χ1n) is 8.08. The second-order valence-corrected chi connectivity index (χ2v) is 6.49. The molecule has 0 radical (unpaired) electrons. The van der Waals surface area contributed by atoms with Gasteiger partial charge >= 0.3 is 0 Å². The fraction of sp³-hybridized carbons (Fsp3) is 0.812. The summed E-state index contributed by atoms with van der Waals surface area (Å²) in [6, 6.07) is 0. The highest BCUT2D eigenvalue weighted by atomic mass is 16.1. The summed E-state index contributed by atoms with van der Waals surface area (Å²) < 4.78 is 1.95. The second-order valence-electron chi connectivity index (χ2n) is 6.49. The first-order valence-corrected chi connectivity index (χ1v) is 8.08. The van der Waals surface area contributed by atoms with E-state index >= 15 is 0 Å². The molecule has 1 saturated carbocycles. The van der Waals surface area contributed by atoms with Crippen molar-refractivity contribution in [3.8, 4) is 0 Å². The number of rotatable bonds is 7. The van der Waals surface area contributed by atoms with Crippen LogP contribution in [0, 0.1) is 11.8 Å². The van der Waals surface area contributed by atoms with E-state index in [0.29, 0.717) is 11.6 Å². The number of nitrogens with zero attached hydrogens (tertiary/aromatic N) is 3. The molecule has 112 valence electrons. The van der Waals surface area contributed by atoms with Crippen LogP contribution >= 0.6 is 0 Å². The summed E-state index contributed by atoms with van der Waals surface area (Å²) in [5.74, 6) is 1.47. The van der Waals surface area contributed by atoms with E-state index in [0.717, 1.165) is 37.3 Å². The molecule has 4 nitrogen and oxygen atoms in total. The number of carbonyl (C=O) groups excluding carboxylic acids is 1. The lowest BCUT2D eigenvalue weighted by Gasteiger charge is -2.21. The van der Waals surface area contributed by atoms with Crippen LogP contribution in [0.5, 0.6) is 0 Å². The van der Waals surface area contributed by atoms with Gasteiger partial charge in [-0.2, -0.15) is 0 Å². The molecule has 0 saturated heterocycles. The van der Waals surface area contributed by atoms with E-state index in [9.17, 15) is 4.79 Å². The topological polar surface area (TPSA) is 47.8 Å². The van der Waals surface area contributed by atoms with Gasteiger partial charge in [0, 0.05) is 6.54 Å². The molecule has 2 rings (SSSR count). The Labute approximate surface area is 121 Å². The lowest BCUT2D eigenvalue weighted by atomic mass is 9.85. The highest BCUT2D eigenvalue weighted by Gasteiger charge is 2.17. The van der Waals surface area contributed by atoms with Crippen LogP contribution in [0.25, 0.3) is 0 Å². The number of carbonyl (C=O) groups is 1. The highest BCUT2D eigenvalue weighted by Crippen LogP contribution is 2.27. The normalized spacial score (nSPS) is 16.8. The maximum absolute atomic E-state index is 11.1. The molecule has 4 heteroatoms. The van der Waals surface area contributed by atoms with Gasteiger partial charge in [0.2, 0.25) is 0 Å². The van der Waals surface area contributed by atoms with Gasteiger partial charge in [0.25, 0.3) is 0 Å². The molecule has 1 aliphatic carbocycles. The monoisotopic (exact) mass is 277 g/mol. The smallest absolute Gasteiger partial charge is 0.172 e. The third-order valence-electron chi connectivity index (χ3n) is 4.41. The van der Waals surface area contributed by atoms with E-state index in [4.69, 9.17) is 0 Å². The average molecular weight is 277 g/mol. The minimum Gasteiger partial charge on any atom is -0.296 e. The molecule has 0 aliphatic heterocycles. The second kappa shape index (κ2) is 7.55. The summed E-state index contributed by atoms with van der Waals surface area (Å²) >= 11 is 0. The molecule has 1 aromatic rings. The van der Waals surface area contributed by atoms with Gasteiger partial charge in [-0.3, -0.25) is 4.79 Å². The molecule has 1 aromatic heterocycles. The van der Waals surface area contributed by atoms with E-state index in [-0.39, 0.29) is 0 Å². The molecule has 1 fully saturated rings. The van der Waals surface area contributed by atoms with Gasteiger partial charge in [-0.1, -0.05) is 51.2 Å². The molecule has 1 aliphatic rings. The van der Waals surface area contributed by atoms with Crippen LogP contribution in [-0.4, -0.2) is 21.3 Å². The Morgan fingerprint density at radius 1 is 1.30 bits per heavy atom. The Kier molecular flexibility index (Phi) is 5.74. The van der Waals surface area contributed by atoms with E-state index in [1.165, 1.54) is 38.5 Å². The van der Waals surface area contributed by atoms with Crippen LogP contribution in [0.15, 0.2) is 0 Å². The van der Waals surface area contributed by atoms with Gasteiger partial charge in [-0.25, -0.2) is 4.68 Å². The van der Waals surface area contributed by atoms with Gasteiger partial charge in [0.1, 0.15) is 5.69 Å². The number of aromatic nitrogens is 3. The Hall–Kier alpha value is -1.19. The van der Waals surface area contributed by atoms with Crippen molar-refractivity contribution in [3.05, 3.63) is 11.4 Å². The van der Waals surface area contributed by atoms with Crippen molar-refractivity contribution in [1.82, 2.24) is 15.0 Å². The molecule has 0 atom stereocenters. The Balaban J connectivity index is 1.96. The molecular formula is C16H27N3O. The minimum absolute atomic E-state index is 0.546. The predicted octanol–water partition coefficient (Wildman–Crippen LogP) is 3.65. The Morgan fingerprint density at radius 2 is 2.05 bits per heavy atom. The molecule has 0 spiro atoms. The van der Waals surface area contributed by atoms with Crippen LogP contribution in [0.1, 0.15) is 75.0 Å². The van der Waals surface area contributed by atoms with Crippen molar-refractivity contribution in [2.24, 2.45) is 11.8 Å². The molecule has 20 heavy (non-hydrogen) atoms. The number of hydrogen-bond donors (Lipinski definition) is 0. The summed E-state index contributed by atoms with van der Waals surface area (Å²) in [6.45, 7) is 5.29. The summed E-state index contributed by atoms with van der Waals surface area (Å²) in [6.07, 6.45) is 10.9. The molecule has 0 aromatic carbocycles. The van der Waals surface area contributed by atoms with Gasteiger partial charge in [-0.15, -0.1) is 5.10 Å². The van der Waals surface area contributed by atoms with Crippen LogP contribution in [-0.2, 0) is 13.0 Å². The largest absolute Gasteiger partial charge is 0.296 e. The van der Waals surface area contributed by atoms with Crippen molar-refractivity contribution in [3.63, 3.8) is 0 Å². The molecular weight excluding hydrogens is 250 g/mol. The zero-order chi connectivity index (χ0) is 14.4. The average Bonchev–Trinajstić information content (AvgIpc) is 2.86. The number of hydrogen-bond acceptors (Lipinski definition) is 3. The van der Waals surface area contributed by atoms with E-state index < -0.39 is 0 Å². The highest BCUT2D eigenvalue weighted by molar-refractivity contribution is 5.73. The zero-order valence-corrected chi connectivity index (χ0v) is 12.8. The van der Waals surface area contributed by atoms with Gasteiger partial charge in [0.05, 0.1) is 5.69 Å². The maximum atomic E-state index is 11.1. The summed E-state index contributed by atoms with van der Waals surface area (Å²) in [5.41, 5.74) is 1.59. The van der Waals surface area contributed by atoms with Crippen LogP contribution in [0.2, 0.25) is 0 Å². The van der Waals surface area contributed by atoms with Crippen molar-refractivity contribution >= 4 is 6.29 Å². The third-order valence-corrected chi connectivity index (χ3v) is 4.41. The fourth-order valence-electron chi connectivity index (χ4n) is 3.07. The number of aryl methyl sites for hydroxylation is 1. The van der Waals surface area contributed by atoms with Gasteiger partial charge in [0.15, 0.2) is 6.29 Å². The van der Waals surface area contributed by atoms with Crippen molar-refractivity contribution in [2.45, 2.75) is 71.8 Å².